The Bertz CT molecular complexity index is 1180. The lowest BCUT2D eigenvalue weighted by molar-refractivity contribution is -0.207. The van der Waals surface area contributed by atoms with Crippen LogP contribution in [0, 0.1) is 23.4 Å². The first kappa shape index (κ1) is 26.0. The van der Waals surface area contributed by atoms with Crippen molar-refractivity contribution in [3.8, 4) is 28.0 Å². The summed E-state index contributed by atoms with van der Waals surface area (Å²) in [5.74, 6) is -2.16. The van der Waals surface area contributed by atoms with Gasteiger partial charge >= 0.3 is 0 Å². The molecule has 0 atom stereocenters. The summed E-state index contributed by atoms with van der Waals surface area (Å²) in [6.45, 7) is 5.27. The Balaban J connectivity index is 1.44. The van der Waals surface area contributed by atoms with E-state index < -0.39 is 23.7 Å². The Hall–Kier alpha value is -3.09. The lowest BCUT2D eigenvalue weighted by atomic mass is 9.98. The van der Waals surface area contributed by atoms with Crippen LogP contribution in [0.3, 0.4) is 0 Å². The van der Waals surface area contributed by atoms with Crippen molar-refractivity contribution in [3.05, 3.63) is 89.8 Å². The molecule has 1 aliphatic rings. The van der Waals surface area contributed by atoms with E-state index in [1.807, 2.05) is 19.9 Å². The quantitative estimate of drug-likeness (QED) is 0.279. The summed E-state index contributed by atoms with van der Waals surface area (Å²) >= 11 is 0. The third-order valence-corrected chi connectivity index (χ3v) is 6.24. The molecule has 1 fully saturated rings. The molecule has 0 aliphatic carbocycles. The number of rotatable bonds is 9. The number of hydrogen-bond donors (Lipinski definition) is 0. The van der Waals surface area contributed by atoms with E-state index in [4.69, 9.17) is 14.2 Å². The van der Waals surface area contributed by atoms with Gasteiger partial charge in [-0.3, -0.25) is 0 Å². The molecule has 3 nitrogen and oxygen atoms in total. The second-order valence-electron chi connectivity index (χ2n) is 8.91. The lowest BCUT2D eigenvalue weighted by Gasteiger charge is -2.29. The van der Waals surface area contributed by atoms with Crippen molar-refractivity contribution in [1.82, 2.24) is 0 Å². The van der Waals surface area contributed by atoms with Crippen LogP contribution in [0.2, 0.25) is 0 Å². The minimum Gasteiger partial charge on any atom is -0.490 e. The Morgan fingerprint density at radius 3 is 2.25 bits per heavy atom. The van der Waals surface area contributed by atoms with Gasteiger partial charge in [0.25, 0.3) is 0 Å². The van der Waals surface area contributed by atoms with Crippen LogP contribution in [-0.2, 0) is 9.47 Å². The smallest absolute Gasteiger partial charge is 0.201 e. The van der Waals surface area contributed by atoms with Crippen LogP contribution in [0.25, 0.3) is 22.3 Å². The Morgan fingerprint density at radius 2 is 1.58 bits per heavy atom. The Labute approximate surface area is 210 Å². The van der Waals surface area contributed by atoms with E-state index in [1.165, 1.54) is 18.2 Å². The highest BCUT2D eigenvalue weighted by molar-refractivity contribution is 5.71. The zero-order valence-electron chi connectivity index (χ0n) is 20.6. The summed E-state index contributed by atoms with van der Waals surface area (Å²) in [7, 11) is 0. The van der Waals surface area contributed by atoms with Crippen LogP contribution in [0.4, 0.5) is 13.2 Å². The van der Waals surface area contributed by atoms with Crippen LogP contribution in [0.5, 0.6) is 5.75 Å². The largest absolute Gasteiger partial charge is 0.490 e. The molecule has 0 unspecified atom stereocenters. The molecule has 190 valence electrons. The van der Waals surface area contributed by atoms with Gasteiger partial charge in [-0.2, -0.15) is 4.39 Å². The average molecular weight is 497 g/mol. The van der Waals surface area contributed by atoms with Crippen LogP contribution in [-0.4, -0.2) is 19.8 Å². The van der Waals surface area contributed by atoms with E-state index in [1.54, 1.807) is 36.4 Å². The van der Waals surface area contributed by atoms with Gasteiger partial charge in [0, 0.05) is 17.0 Å². The van der Waals surface area contributed by atoms with Crippen molar-refractivity contribution >= 4 is 0 Å². The predicted molar refractivity (Wildman–Crippen MR) is 135 cm³/mol. The molecule has 4 rings (SSSR count). The molecule has 0 spiro atoms. The van der Waals surface area contributed by atoms with Crippen molar-refractivity contribution in [2.45, 2.75) is 39.4 Å². The fraction of sp³-hybridized carbons (Fsp3) is 0.333. The van der Waals surface area contributed by atoms with Gasteiger partial charge in [-0.1, -0.05) is 55.5 Å². The van der Waals surface area contributed by atoms with Crippen LogP contribution < -0.4 is 4.74 Å². The second kappa shape index (κ2) is 12.2. The van der Waals surface area contributed by atoms with E-state index in [2.05, 4.69) is 6.08 Å². The van der Waals surface area contributed by atoms with Gasteiger partial charge in [0.2, 0.25) is 5.82 Å². The van der Waals surface area contributed by atoms with Gasteiger partial charge in [-0.25, -0.2) is 8.78 Å². The van der Waals surface area contributed by atoms with Gasteiger partial charge in [-0.05, 0) is 61.1 Å². The highest BCUT2D eigenvalue weighted by Gasteiger charge is 2.25. The molecule has 3 aromatic rings. The fourth-order valence-corrected chi connectivity index (χ4v) is 4.21. The van der Waals surface area contributed by atoms with Gasteiger partial charge in [0.1, 0.15) is 5.82 Å². The summed E-state index contributed by atoms with van der Waals surface area (Å²) in [6, 6.07) is 14.7. The van der Waals surface area contributed by atoms with E-state index >= 15 is 0 Å². The van der Waals surface area contributed by atoms with Gasteiger partial charge in [0.15, 0.2) is 17.9 Å². The van der Waals surface area contributed by atoms with Gasteiger partial charge < -0.3 is 14.2 Å². The molecular formula is C30H31F3O3. The molecule has 0 bridgehead atoms. The maximum Gasteiger partial charge on any atom is 0.201 e. The summed E-state index contributed by atoms with van der Waals surface area (Å²) in [6.07, 6.45) is 6.07. The number of benzene rings is 3. The van der Waals surface area contributed by atoms with E-state index in [9.17, 15) is 13.2 Å². The normalized spacial score (nSPS) is 18.0. The van der Waals surface area contributed by atoms with Crippen LogP contribution in [0.1, 0.15) is 45.0 Å². The van der Waals surface area contributed by atoms with E-state index in [0.29, 0.717) is 48.8 Å². The molecule has 0 radical (unpaired) electrons. The SMILES string of the molecule is C/C=C/CCC1COC(c2ccc(-c3ccc(-c4ccc(OCCC)c(F)c4F)cc3)cc2F)OC1. The predicted octanol–water partition coefficient (Wildman–Crippen LogP) is 8.24. The molecule has 36 heavy (non-hydrogen) atoms. The average Bonchev–Trinajstić information content (AvgIpc) is 2.90. The van der Waals surface area contributed by atoms with Gasteiger partial charge in [0.05, 0.1) is 19.8 Å². The topological polar surface area (TPSA) is 27.7 Å². The first-order valence-electron chi connectivity index (χ1n) is 12.4. The van der Waals surface area contributed by atoms with Crippen molar-refractivity contribution < 1.29 is 27.4 Å². The summed E-state index contributed by atoms with van der Waals surface area (Å²) in [4.78, 5) is 0. The zero-order valence-corrected chi connectivity index (χ0v) is 20.6. The molecule has 1 heterocycles. The van der Waals surface area contributed by atoms with E-state index in [0.717, 1.165) is 18.4 Å². The highest BCUT2D eigenvalue weighted by Crippen LogP contribution is 2.33. The standard InChI is InChI=1S/C30H31F3O3/c1-3-5-6-7-20-18-35-30(36-19-20)25-13-12-23(17-26(25)31)21-8-10-22(11-9-21)24-14-15-27(34-16-4-2)29(33)28(24)32/h3,5,8-15,17,20,30H,4,6-7,16,18-19H2,1-2H3/b5-3+. The molecule has 6 heteroatoms. The lowest BCUT2D eigenvalue weighted by Crippen LogP contribution is -2.27. The fourth-order valence-electron chi connectivity index (χ4n) is 4.21. The molecule has 0 saturated carbocycles. The molecule has 0 amide bonds. The minimum atomic E-state index is -1.00. The maximum atomic E-state index is 15.0. The zero-order chi connectivity index (χ0) is 25.5. The van der Waals surface area contributed by atoms with Crippen LogP contribution in [0.15, 0.2) is 66.7 Å². The third-order valence-electron chi connectivity index (χ3n) is 6.24. The number of allylic oxidation sites excluding steroid dienone is 2. The number of hydrogen-bond acceptors (Lipinski definition) is 3. The minimum absolute atomic E-state index is 0.0969. The first-order chi connectivity index (χ1) is 17.5. The molecule has 1 saturated heterocycles. The monoisotopic (exact) mass is 496 g/mol. The highest BCUT2D eigenvalue weighted by atomic mass is 19.2. The molecule has 0 aromatic heterocycles. The van der Waals surface area contributed by atoms with Gasteiger partial charge in [-0.15, -0.1) is 0 Å². The molecular weight excluding hydrogens is 465 g/mol. The molecule has 1 aliphatic heterocycles. The maximum absolute atomic E-state index is 15.0. The van der Waals surface area contributed by atoms with E-state index in [-0.39, 0.29) is 11.3 Å². The second-order valence-corrected chi connectivity index (χ2v) is 8.91. The number of ether oxygens (including phenoxy) is 3. The summed E-state index contributed by atoms with van der Waals surface area (Å²) in [5.41, 5.74) is 2.44. The van der Waals surface area contributed by atoms with Crippen molar-refractivity contribution in [3.63, 3.8) is 0 Å². The Kier molecular flexibility index (Phi) is 8.83. The Morgan fingerprint density at radius 1 is 0.889 bits per heavy atom. The van der Waals surface area contributed by atoms with Crippen molar-refractivity contribution in [2.75, 3.05) is 19.8 Å². The summed E-state index contributed by atoms with van der Waals surface area (Å²) in [5, 5.41) is 0. The molecule has 0 N–H and O–H groups in total. The van der Waals surface area contributed by atoms with Crippen LogP contribution >= 0.6 is 0 Å². The van der Waals surface area contributed by atoms with Crippen molar-refractivity contribution in [2.24, 2.45) is 5.92 Å². The number of halogens is 3. The molecule has 3 aromatic carbocycles. The van der Waals surface area contributed by atoms with Crippen molar-refractivity contribution in [1.29, 1.82) is 0 Å². The summed E-state index contributed by atoms with van der Waals surface area (Å²) < 4.78 is 60.8. The third kappa shape index (κ3) is 6.00. The first-order valence-corrected chi connectivity index (χ1v) is 12.4.